The van der Waals surface area contributed by atoms with Crippen LogP contribution in [0.15, 0.2) is 12.1 Å². The molecule has 0 aliphatic rings. The highest BCUT2D eigenvalue weighted by Crippen LogP contribution is 2.25. The number of rotatable bonds is 4. The number of aliphatic carboxylic acids is 1. The largest absolute Gasteiger partial charge is 0.507 e. The number of phenolic OH excluding ortho intramolecular Hbond substituents is 1. The molecule has 2 N–H and O–H groups in total. The zero-order valence-electron chi connectivity index (χ0n) is 9.82. The minimum atomic E-state index is -0.860. The lowest BCUT2D eigenvalue weighted by Crippen LogP contribution is -2.12. The van der Waals surface area contributed by atoms with Crippen LogP contribution in [-0.4, -0.2) is 35.2 Å². The highest BCUT2D eigenvalue weighted by atomic mass is 16.4. The van der Waals surface area contributed by atoms with Gasteiger partial charge in [0.1, 0.15) is 5.75 Å². The second-order valence-electron chi connectivity index (χ2n) is 4.23. The molecule has 4 nitrogen and oxygen atoms in total. The number of nitrogens with zero attached hydrogens (tertiary/aromatic N) is 1. The van der Waals surface area contributed by atoms with Gasteiger partial charge in [0.15, 0.2) is 0 Å². The second kappa shape index (κ2) is 4.99. The summed E-state index contributed by atoms with van der Waals surface area (Å²) in [4.78, 5) is 12.6. The standard InChI is InChI=1S/C12H17NO3/c1-8-4-9(6-11(14)15)5-10(12(8)16)7-13(2)3/h4-5,16H,6-7H2,1-3H3,(H,14,15). The van der Waals surface area contributed by atoms with Gasteiger partial charge in [-0.3, -0.25) is 4.79 Å². The lowest BCUT2D eigenvalue weighted by molar-refractivity contribution is -0.136. The van der Waals surface area contributed by atoms with E-state index in [0.717, 1.165) is 16.7 Å². The number of aromatic hydroxyl groups is 1. The van der Waals surface area contributed by atoms with E-state index in [1.165, 1.54) is 0 Å². The van der Waals surface area contributed by atoms with Crippen LogP contribution in [0.2, 0.25) is 0 Å². The maximum absolute atomic E-state index is 10.6. The Morgan fingerprint density at radius 3 is 2.50 bits per heavy atom. The van der Waals surface area contributed by atoms with Gasteiger partial charge in [-0.25, -0.2) is 0 Å². The first-order chi connectivity index (χ1) is 7.40. The van der Waals surface area contributed by atoms with Crippen molar-refractivity contribution in [3.8, 4) is 5.75 Å². The molecule has 1 aromatic carbocycles. The SMILES string of the molecule is Cc1cc(CC(=O)O)cc(CN(C)C)c1O. The van der Waals surface area contributed by atoms with E-state index in [0.29, 0.717) is 6.54 Å². The molecular weight excluding hydrogens is 206 g/mol. The number of aryl methyl sites for hydroxylation is 1. The number of hydrogen-bond acceptors (Lipinski definition) is 3. The van der Waals surface area contributed by atoms with Crippen LogP contribution in [0.3, 0.4) is 0 Å². The van der Waals surface area contributed by atoms with Crippen molar-refractivity contribution >= 4 is 5.97 Å². The van der Waals surface area contributed by atoms with Crippen LogP contribution in [0.1, 0.15) is 16.7 Å². The Morgan fingerprint density at radius 2 is 2.00 bits per heavy atom. The summed E-state index contributed by atoms with van der Waals surface area (Å²) >= 11 is 0. The van der Waals surface area contributed by atoms with Crippen molar-refractivity contribution in [1.82, 2.24) is 4.90 Å². The molecule has 0 radical (unpaired) electrons. The molecule has 88 valence electrons. The van der Waals surface area contributed by atoms with E-state index in [1.807, 2.05) is 19.0 Å². The summed E-state index contributed by atoms with van der Waals surface area (Å²) in [7, 11) is 3.80. The van der Waals surface area contributed by atoms with Crippen molar-refractivity contribution in [1.29, 1.82) is 0 Å². The topological polar surface area (TPSA) is 60.8 Å². The monoisotopic (exact) mass is 223 g/mol. The van der Waals surface area contributed by atoms with E-state index in [-0.39, 0.29) is 12.2 Å². The first-order valence-corrected chi connectivity index (χ1v) is 5.08. The van der Waals surface area contributed by atoms with E-state index >= 15 is 0 Å². The van der Waals surface area contributed by atoms with Crippen LogP contribution < -0.4 is 0 Å². The third-order valence-corrected chi connectivity index (χ3v) is 2.28. The summed E-state index contributed by atoms with van der Waals surface area (Å²) in [6, 6.07) is 3.46. The summed E-state index contributed by atoms with van der Waals surface area (Å²) in [5, 5.41) is 18.6. The predicted octanol–water partition coefficient (Wildman–Crippen LogP) is 1.39. The number of hydrogen-bond donors (Lipinski definition) is 2. The Balaban J connectivity index is 3.06. The summed E-state index contributed by atoms with van der Waals surface area (Å²) in [5.74, 6) is -0.608. The van der Waals surface area contributed by atoms with Crippen LogP contribution in [0.5, 0.6) is 5.75 Å². The number of carboxylic acids is 1. The van der Waals surface area contributed by atoms with Gasteiger partial charge in [0, 0.05) is 12.1 Å². The van der Waals surface area contributed by atoms with Crippen LogP contribution >= 0.6 is 0 Å². The van der Waals surface area contributed by atoms with E-state index in [1.54, 1.807) is 19.1 Å². The van der Waals surface area contributed by atoms with Crippen molar-refractivity contribution in [3.05, 3.63) is 28.8 Å². The second-order valence-corrected chi connectivity index (χ2v) is 4.23. The maximum Gasteiger partial charge on any atom is 0.307 e. The molecule has 16 heavy (non-hydrogen) atoms. The Hall–Kier alpha value is -1.55. The summed E-state index contributed by atoms with van der Waals surface area (Å²) in [6.45, 7) is 2.37. The fraction of sp³-hybridized carbons (Fsp3) is 0.417. The van der Waals surface area contributed by atoms with Gasteiger partial charge in [-0.2, -0.15) is 0 Å². The van der Waals surface area contributed by atoms with E-state index in [4.69, 9.17) is 5.11 Å². The lowest BCUT2D eigenvalue weighted by atomic mass is 10.0. The molecule has 0 saturated heterocycles. The summed E-state index contributed by atoms with van der Waals surface area (Å²) in [5.41, 5.74) is 2.21. The van der Waals surface area contributed by atoms with Crippen molar-refractivity contribution in [2.75, 3.05) is 14.1 Å². The third-order valence-electron chi connectivity index (χ3n) is 2.28. The van der Waals surface area contributed by atoms with Gasteiger partial charge >= 0.3 is 5.97 Å². The molecule has 0 fully saturated rings. The molecule has 0 saturated carbocycles. The van der Waals surface area contributed by atoms with E-state index < -0.39 is 5.97 Å². The molecule has 0 aliphatic heterocycles. The van der Waals surface area contributed by atoms with Gasteiger partial charge in [-0.15, -0.1) is 0 Å². The van der Waals surface area contributed by atoms with Crippen LogP contribution in [0, 0.1) is 6.92 Å². The molecule has 1 rings (SSSR count). The Morgan fingerprint density at radius 1 is 1.38 bits per heavy atom. The number of carboxylic acid groups (broad SMARTS) is 1. The molecule has 0 aliphatic carbocycles. The average Bonchev–Trinajstić information content (AvgIpc) is 2.11. The molecular formula is C12H17NO3. The highest BCUT2D eigenvalue weighted by Gasteiger charge is 2.09. The predicted molar refractivity (Wildman–Crippen MR) is 61.6 cm³/mol. The molecule has 4 heteroatoms. The van der Waals surface area contributed by atoms with Crippen molar-refractivity contribution in [2.24, 2.45) is 0 Å². The summed E-state index contributed by atoms with van der Waals surface area (Å²) < 4.78 is 0. The van der Waals surface area contributed by atoms with Gasteiger partial charge < -0.3 is 15.1 Å². The quantitative estimate of drug-likeness (QED) is 0.809. The minimum absolute atomic E-state index is 0.0124. The van der Waals surface area contributed by atoms with Crippen molar-refractivity contribution < 1.29 is 15.0 Å². The first kappa shape index (κ1) is 12.5. The molecule has 0 spiro atoms. The highest BCUT2D eigenvalue weighted by molar-refractivity contribution is 5.70. The first-order valence-electron chi connectivity index (χ1n) is 5.08. The van der Waals surface area contributed by atoms with Crippen LogP contribution in [0.25, 0.3) is 0 Å². The van der Waals surface area contributed by atoms with Gasteiger partial charge in [0.05, 0.1) is 6.42 Å². The fourth-order valence-electron chi connectivity index (χ4n) is 1.67. The Kier molecular flexibility index (Phi) is 3.90. The van der Waals surface area contributed by atoms with Crippen molar-refractivity contribution in [2.45, 2.75) is 19.9 Å². The summed E-state index contributed by atoms with van der Waals surface area (Å²) in [6.07, 6.45) is -0.0124. The van der Waals surface area contributed by atoms with E-state index in [2.05, 4.69) is 0 Å². The van der Waals surface area contributed by atoms with Gasteiger partial charge in [0.2, 0.25) is 0 Å². The maximum atomic E-state index is 10.6. The molecule has 0 amide bonds. The lowest BCUT2D eigenvalue weighted by Gasteiger charge is -2.14. The molecule has 0 atom stereocenters. The van der Waals surface area contributed by atoms with Gasteiger partial charge in [0.25, 0.3) is 0 Å². The molecule has 1 aromatic rings. The van der Waals surface area contributed by atoms with Crippen molar-refractivity contribution in [3.63, 3.8) is 0 Å². The number of benzene rings is 1. The zero-order valence-corrected chi connectivity index (χ0v) is 9.82. The Labute approximate surface area is 95.1 Å². The van der Waals surface area contributed by atoms with Crippen LogP contribution in [-0.2, 0) is 17.8 Å². The van der Waals surface area contributed by atoms with E-state index in [9.17, 15) is 9.90 Å². The normalized spacial score (nSPS) is 10.8. The molecule has 0 unspecified atom stereocenters. The average molecular weight is 223 g/mol. The number of phenols is 1. The minimum Gasteiger partial charge on any atom is -0.507 e. The Bertz CT molecular complexity index is 399. The number of carbonyl (C=O) groups is 1. The third kappa shape index (κ3) is 3.24. The smallest absolute Gasteiger partial charge is 0.307 e. The van der Waals surface area contributed by atoms with Gasteiger partial charge in [-0.05, 0) is 32.1 Å². The fourth-order valence-corrected chi connectivity index (χ4v) is 1.67. The zero-order chi connectivity index (χ0) is 12.3. The van der Waals surface area contributed by atoms with Crippen LogP contribution in [0.4, 0.5) is 0 Å². The molecule has 0 aromatic heterocycles. The molecule has 0 heterocycles. The molecule has 0 bridgehead atoms. The van der Waals surface area contributed by atoms with Gasteiger partial charge in [-0.1, -0.05) is 12.1 Å².